The van der Waals surface area contributed by atoms with Crippen molar-refractivity contribution in [3.63, 3.8) is 0 Å². The van der Waals surface area contributed by atoms with E-state index in [1.165, 1.54) is 18.2 Å². The number of halogens is 2. The van der Waals surface area contributed by atoms with Gasteiger partial charge in [0.2, 0.25) is 0 Å². The first-order valence-corrected chi connectivity index (χ1v) is 8.12. The summed E-state index contributed by atoms with van der Waals surface area (Å²) in [5.41, 5.74) is 1.84. The van der Waals surface area contributed by atoms with Crippen molar-refractivity contribution in [2.24, 2.45) is 0 Å². The number of aryl methyl sites for hydroxylation is 3. The number of nitrogens with one attached hydrogen (secondary N) is 1. The fourth-order valence-electron chi connectivity index (χ4n) is 1.91. The number of hydrogen-bond donors (Lipinski definition) is 1. The summed E-state index contributed by atoms with van der Waals surface area (Å²) in [4.78, 5) is 0.130. The van der Waals surface area contributed by atoms with Crippen LogP contribution in [0.4, 0.5) is 10.1 Å². The van der Waals surface area contributed by atoms with Crippen LogP contribution in [0.1, 0.15) is 16.7 Å². The van der Waals surface area contributed by atoms with Crippen LogP contribution in [-0.2, 0) is 10.0 Å². The first-order valence-electron chi connectivity index (χ1n) is 6.26. The lowest BCUT2D eigenvalue weighted by molar-refractivity contribution is 0.600. The van der Waals surface area contributed by atoms with Gasteiger partial charge in [0, 0.05) is 5.02 Å². The van der Waals surface area contributed by atoms with Crippen LogP contribution in [0.15, 0.2) is 35.2 Å². The second-order valence-electron chi connectivity index (χ2n) is 4.94. The Balaban J connectivity index is 2.43. The highest BCUT2D eigenvalue weighted by Gasteiger charge is 2.18. The van der Waals surface area contributed by atoms with Crippen molar-refractivity contribution in [3.05, 3.63) is 57.9 Å². The largest absolute Gasteiger partial charge is 0.280 e. The Morgan fingerprint density at radius 3 is 2.29 bits per heavy atom. The van der Waals surface area contributed by atoms with Gasteiger partial charge in [-0.05, 0) is 61.7 Å². The maximum absolute atomic E-state index is 13.5. The van der Waals surface area contributed by atoms with Gasteiger partial charge >= 0.3 is 0 Å². The molecule has 0 aromatic heterocycles. The molecular formula is C15H15ClFNO2S. The molecule has 0 saturated carbocycles. The zero-order valence-electron chi connectivity index (χ0n) is 11.9. The van der Waals surface area contributed by atoms with Crippen LogP contribution >= 0.6 is 11.6 Å². The van der Waals surface area contributed by atoms with Gasteiger partial charge in [-0.15, -0.1) is 0 Å². The number of anilines is 1. The summed E-state index contributed by atoms with van der Waals surface area (Å²) < 4.78 is 40.7. The minimum Gasteiger partial charge on any atom is -0.280 e. The highest BCUT2D eigenvalue weighted by molar-refractivity contribution is 7.92. The molecule has 2 rings (SSSR count). The normalized spacial score (nSPS) is 11.5. The molecule has 0 spiro atoms. The van der Waals surface area contributed by atoms with Crippen molar-refractivity contribution in [1.82, 2.24) is 0 Å². The van der Waals surface area contributed by atoms with Crippen LogP contribution in [-0.4, -0.2) is 8.42 Å². The van der Waals surface area contributed by atoms with Crippen LogP contribution < -0.4 is 4.72 Å². The van der Waals surface area contributed by atoms with Crippen molar-refractivity contribution < 1.29 is 12.8 Å². The molecule has 0 radical (unpaired) electrons. The first-order chi connectivity index (χ1) is 9.70. The van der Waals surface area contributed by atoms with Gasteiger partial charge in [0.05, 0.1) is 10.6 Å². The van der Waals surface area contributed by atoms with E-state index in [1.54, 1.807) is 26.8 Å². The van der Waals surface area contributed by atoms with Gasteiger partial charge in [-0.1, -0.05) is 17.7 Å². The van der Waals surface area contributed by atoms with Crippen LogP contribution in [0.25, 0.3) is 0 Å². The standard InChI is InChI=1S/C15H15ClFNO2S/c1-9-4-5-12(8-14(9)17)18-21(19,20)15-7-10(2)13(16)6-11(15)3/h4-8,18H,1-3H3. The van der Waals surface area contributed by atoms with Crippen molar-refractivity contribution in [3.8, 4) is 0 Å². The monoisotopic (exact) mass is 327 g/mol. The minimum absolute atomic E-state index is 0.130. The average Bonchev–Trinajstić information content (AvgIpc) is 2.37. The zero-order valence-corrected chi connectivity index (χ0v) is 13.4. The molecule has 0 unspecified atom stereocenters. The average molecular weight is 328 g/mol. The molecule has 0 aliphatic carbocycles. The third-order valence-electron chi connectivity index (χ3n) is 3.17. The molecule has 2 aromatic carbocycles. The maximum Gasteiger partial charge on any atom is 0.262 e. The first kappa shape index (κ1) is 15.8. The summed E-state index contributed by atoms with van der Waals surface area (Å²) in [6, 6.07) is 7.30. The van der Waals surface area contributed by atoms with E-state index >= 15 is 0 Å². The van der Waals surface area contributed by atoms with Crippen molar-refractivity contribution in [2.75, 3.05) is 4.72 Å². The highest BCUT2D eigenvalue weighted by Crippen LogP contribution is 2.26. The molecule has 3 nitrogen and oxygen atoms in total. The Labute approximate surface area is 128 Å². The predicted molar refractivity (Wildman–Crippen MR) is 82.9 cm³/mol. The molecule has 0 saturated heterocycles. The van der Waals surface area contributed by atoms with Gasteiger partial charge in [-0.25, -0.2) is 12.8 Å². The Morgan fingerprint density at radius 1 is 1.00 bits per heavy atom. The zero-order chi connectivity index (χ0) is 15.8. The summed E-state index contributed by atoms with van der Waals surface area (Å²) in [7, 11) is -3.79. The number of rotatable bonds is 3. The molecule has 0 atom stereocenters. The second-order valence-corrected chi connectivity index (χ2v) is 6.99. The van der Waals surface area contributed by atoms with E-state index in [1.807, 2.05) is 0 Å². The lowest BCUT2D eigenvalue weighted by Gasteiger charge is -2.12. The van der Waals surface area contributed by atoms with Crippen LogP contribution in [0, 0.1) is 26.6 Å². The summed E-state index contributed by atoms with van der Waals surface area (Å²) >= 11 is 5.97. The van der Waals surface area contributed by atoms with Crippen molar-refractivity contribution in [1.29, 1.82) is 0 Å². The van der Waals surface area contributed by atoms with Crippen molar-refractivity contribution in [2.45, 2.75) is 25.7 Å². The summed E-state index contributed by atoms with van der Waals surface area (Å²) in [5, 5.41) is 0.507. The second kappa shape index (κ2) is 5.66. The third kappa shape index (κ3) is 3.36. The SMILES string of the molecule is Cc1ccc(NS(=O)(=O)c2cc(C)c(Cl)cc2C)cc1F. The molecule has 21 heavy (non-hydrogen) atoms. The molecule has 0 heterocycles. The molecule has 0 amide bonds. The minimum atomic E-state index is -3.79. The van der Waals surface area contributed by atoms with E-state index in [2.05, 4.69) is 4.72 Å². The van der Waals surface area contributed by atoms with Gasteiger partial charge in [0.1, 0.15) is 5.82 Å². The van der Waals surface area contributed by atoms with Crippen molar-refractivity contribution >= 4 is 27.3 Å². The fourth-order valence-corrected chi connectivity index (χ4v) is 3.49. The maximum atomic E-state index is 13.5. The summed E-state index contributed by atoms with van der Waals surface area (Å²) in [6.45, 7) is 5.00. The Bertz CT molecular complexity index is 804. The topological polar surface area (TPSA) is 46.2 Å². The predicted octanol–water partition coefficient (Wildman–Crippen LogP) is 4.21. The molecule has 1 N–H and O–H groups in total. The van der Waals surface area contributed by atoms with Gasteiger partial charge in [-0.2, -0.15) is 0 Å². The molecule has 0 aliphatic rings. The third-order valence-corrected chi connectivity index (χ3v) is 5.10. The van der Waals surface area contributed by atoms with Crippen LogP contribution in [0.2, 0.25) is 5.02 Å². The summed E-state index contributed by atoms with van der Waals surface area (Å²) in [6.07, 6.45) is 0. The Morgan fingerprint density at radius 2 is 1.67 bits per heavy atom. The lowest BCUT2D eigenvalue weighted by atomic mass is 10.2. The van der Waals surface area contributed by atoms with E-state index in [0.717, 1.165) is 6.07 Å². The van der Waals surface area contributed by atoms with Crippen LogP contribution in [0.5, 0.6) is 0 Å². The molecule has 0 aliphatic heterocycles. The van der Waals surface area contributed by atoms with E-state index in [0.29, 0.717) is 21.7 Å². The van der Waals surface area contributed by atoms with Gasteiger partial charge in [0.25, 0.3) is 10.0 Å². The smallest absolute Gasteiger partial charge is 0.262 e. The molecule has 112 valence electrons. The summed E-state index contributed by atoms with van der Waals surface area (Å²) in [5.74, 6) is -0.459. The molecule has 0 fully saturated rings. The number of sulfonamides is 1. The van der Waals surface area contributed by atoms with E-state index in [4.69, 9.17) is 11.6 Å². The quantitative estimate of drug-likeness (QED) is 0.918. The van der Waals surface area contributed by atoms with Gasteiger partial charge in [0.15, 0.2) is 0 Å². The number of hydrogen-bond acceptors (Lipinski definition) is 2. The Hall–Kier alpha value is -1.59. The van der Waals surface area contributed by atoms with Gasteiger partial charge < -0.3 is 0 Å². The lowest BCUT2D eigenvalue weighted by Crippen LogP contribution is -2.14. The Kier molecular flexibility index (Phi) is 4.25. The molecule has 0 bridgehead atoms. The van der Waals surface area contributed by atoms with Crippen LogP contribution in [0.3, 0.4) is 0 Å². The fraction of sp³-hybridized carbons (Fsp3) is 0.200. The molecule has 2 aromatic rings. The van der Waals surface area contributed by atoms with E-state index in [9.17, 15) is 12.8 Å². The van der Waals surface area contributed by atoms with Gasteiger partial charge in [-0.3, -0.25) is 4.72 Å². The molecule has 6 heteroatoms. The van der Waals surface area contributed by atoms with E-state index < -0.39 is 15.8 Å². The highest BCUT2D eigenvalue weighted by atomic mass is 35.5. The number of benzene rings is 2. The van der Waals surface area contributed by atoms with E-state index in [-0.39, 0.29) is 10.6 Å². The molecular weight excluding hydrogens is 313 g/mol.